The van der Waals surface area contributed by atoms with E-state index < -0.39 is 26.7 Å². The fourth-order valence-electron chi connectivity index (χ4n) is 1.91. The minimum Gasteiger partial charge on any atom is -0.486 e. The highest BCUT2D eigenvalue weighted by Gasteiger charge is 2.17. The first kappa shape index (κ1) is 16.3. The van der Waals surface area contributed by atoms with E-state index in [1.54, 1.807) is 12.1 Å². The Kier molecular flexibility index (Phi) is 5.23. The molecular weight excluding hydrogens is 314 g/mol. The molecule has 0 aliphatic carbocycles. The number of hydrogen-bond acceptors (Lipinski definition) is 6. The van der Waals surface area contributed by atoms with Gasteiger partial charge in [0.2, 0.25) is 0 Å². The van der Waals surface area contributed by atoms with Crippen molar-refractivity contribution >= 4 is 20.6 Å². The van der Waals surface area contributed by atoms with Crippen molar-refractivity contribution in [1.29, 1.82) is 0 Å². The lowest BCUT2D eigenvalue weighted by molar-refractivity contribution is 0.171. The molecule has 0 saturated carbocycles. The Morgan fingerprint density at radius 1 is 1.29 bits per heavy atom. The standard InChI is InChI=1S/C13H19NO5S2/c1-21(16,17)7-6-20(15)9-11(14)10-2-3-12-13(8-10)19-5-4-18-12/h2-3,8,11H,4-7,9,14H2,1H3. The summed E-state index contributed by atoms with van der Waals surface area (Å²) in [6.45, 7) is 1.01. The van der Waals surface area contributed by atoms with Gasteiger partial charge in [0, 0.05) is 34.6 Å². The van der Waals surface area contributed by atoms with Crippen molar-refractivity contribution in [3.63, 3.8) is 0 Å². The van der Waals surface area contributed by atoms with Crippen LogP contribution in [0.2, 0.25) is 0 Å². The van der Waals surface area contributed by atoms with Gasteiger partial charge in [0.1, 0.15) is 23.1 Å². The third kappa shape index (κ3) is 4.98. The Hall–Kier alpha value is -1.12. The first-order valence-corrected chi connectivity index (χ1v) is 10.1. The normalized spacial score (nSPS) is 17.2. The quantitative estimate of drug-likeness (QED) is 0.802. The smallest absolute Gasteiger partial charge is 0.161 e. The van der Waals surface area contributed by atoms with E-state index in [-0.39, 0.29) is 17.3 Å². The molecule has 0 aromatic heterocycles. The summed E-state index contributed by atoms with van der Waals surface area (Å²) in [4.78, 5) is 0. The second-order valence-electron chi connectivity index (χ2n) is 4.95. The maximum absolute atomic E-state index is 11.9. The van der Waals surface area contributed by atoms with Crippen LogP contribution in [0.1, 0.15) is 11.6 Å². The number of fused-ring (bicyclic) bond motifs is 1. The number of benzene rings is 1. The summed E-state index contributed by atoms with van der Waals surface area (Å²) >= 11 is 0. The Morgan fingerprint density at radius 2 is 1.95 bits per heavy atom. The van der Waals surface area contributed by atoms with Crippen LogP contribution < -0.4 is 15.2 Å². The van der Waals surface area contributed by atoms with Gasteiger partial charge in [-0.05, 0) is 17.7 Å². The highest BCUT2D eigenvalue weighted by atomic mass is 32.2. The van der Waals surface area contributed by atoms with Gasteiger partial charge in [-0.3, -0.25) is 4.21 Å². The summed E-state index contributed by atoms with van der Waals surface area (Å²) in [6, 6.07) is 4.95. The van der Waals surface area contributed by atoms with Crippen LogP contribution in [-0.4, -0.2) is 49.4 Å². The summed E-state index contributed by atoms with van der Waals surface area (Å²) in [5, 5.41) is 0. The van der Waals surface area contributed by atoms with E-state index in [1.165, 1.54) is 0 Å². The van der Waals surface area contributed by atoms with Crippen molar-refractivity contribution in [2.24, 2.45) is 5.73 Å². The van der Waals surface area contributed by atoms with E-state index in [0.29, 0.717) is 24.7 Å². The lowest BCUT2D eigenvalue weighted by Gasteiger charge is -2.20. The fraction of sp³-hybridized carbons (Fsp3) is 0.538. The van der Waals surface area contributed by atoms with E-state index in [2.05, 4.69) is 0 Å². The van der Waals surface area contributed by atoms with Gasteiger partial charge in [-0.2, -0.15) is 0 Å². The number of nitrogens with two attached hydrogens (primary N) is 1. The van der Waals surface area contributed by atoms with Crippen LogP contribution in [0.4, 0.5) is 0 Å². The molecule has 8 heteroatoms. The molecule has 0 radical (unpaired) electrons. The Bertz CT molecular complexity index is 629. The van der Waals surface area contributed by atoms with E-state index in [1.807, 2.05) is 6.07 Å². The van der Waals surface area contributed by atoms with Crippen LogP contribution in [0.25, 0.3) is 0 Å². The molecule has 0 bridgehead atoms. The van der Waals surface area contributed by atoms with Gasteiger partial charge in [0.25, 0.3) is 0 Å². The van der Waals surface area contributed by atoms with Crippen LogP contribution in [0, 0.1) is 0 Å². The minimum atomic E-state index is -3.10. The molecule has 21 heavy (non-hydrogen) atoms. The monoisotopic (exact) mass is 333 g/mol. The topological polar surface area (TPSA) is 95.7 Å². The number of rotatable bonds is 6. The Morgan fingerprint density at radius 3 is 2.62 bits per heavy atom. The van der Waals surface area contributed by atoms with E-state index in [9.17, 15) is 12.6 Å². The van der Waals surface area contributed by atoms with Gasteiger partial charge in [-0.1, -0.05) is 6.07 Å². The predicted octanol–water partition coefficient (Wildman–Crippen LogP) is 0.251. The number of sulfone groups is 1. The van der Waals surface area contributed by atoms with Crippen LogP contribution in [-0.2, 0) is 20.6 Å². The van der Waals surface area contributed by atoms with Crippen molar-refractivity contribution in [2.75, 3.05) is 36.7 Å². The molecule has 118 valence electrons. The van der Waals surface area contributed by atoms with Gasteiger partial charge >= 0.3 is 0 Å². The molecule has 1 aromatic carbocycles. The Balaban J connectivity index is 1.97. The van der Waals surface area contributed by atoms with Crippen LogP contribution in [0.5, 0.6) is 11.5 Å². The maximum atomic E-state index is 11.9. The molecule has 1 aliphatic rings. The zero-order valence-corrected chi connectivity index (χ0v) is 13.4. The highest BCUT2D eigenvalue weighted by Crippen LogP contribution is 2.32. The Labute approximate surface area is 127 Å². The third-order valence-corrected chi connectivity index (χ3v) is 5.64. The molecule has 2 rings (SSSR count). The largest absolute Gasteiger partial charge is 0.486 e. The summed E-state index contributed by atoms with van der Waals surface area (Å²) < 4.78 is 44.9. The molecule has 2 N–H and O–H groups in total. The predicted molar refractivity (Wildman–Crippen MR) is 81.9 cm³/mol. The first-order chi connectivity index (χ1) is 9.85. The van der Waals surface area contributed by atoms with Crippen molar-refractivity contribution < 1.29 is 22.1 Å². The average molecular weight is 333 g/mol. The number of hydrogen-bond donors (Lipinski definition) is 1. The maximum Gasteiger partial charge on any atom is 0.161 e. The molecule has 1 aromatic rings. The minimum absolute atomic E-state index is 0.0898. The molecule has 0 fully saturated rings. The average Bonchev–Trinajstić information content (AvgIpc) is 2.44. The zero-order valence-electron chi connectivity index (χ0n) is 11.8. The summed E-state index contributed by atoms with van der Waals surface area (Å²) in [5.74, 6) is 1.55. The molecule has 0 spiro atoms. The van der Waals surface area contributed by atoms with Crippen molar-refractivity contribution in [1.82, 2.24) is 0 Å². The van der Waals surface area contributed by atoms with Crippen molar-refractivity contribution in [3.8, 4) is 11.5 Å². The third-order valence-electron chi connectivity index (χ3n) is 3.04. The van der Waals surface area contributed by atoms with Crippen LogP contribution in [0.3, 0.4) is 0 Å². The molecule has 2 atom stereocenters. The van der Waals surface area contributed by atoms with Crippen molar-refractivity contribution in [3.05, 3.63) is 23.8 Å². The van der Waals surface area contributed by atoms with E-state index in [4.69, 9.17) is 15.2 Å². The lowest BCUT2D eigenvalue weighted by atomic mass is 10.1. The molecule has 1 heterocycles. The SMILES string of the molecule is CS(=O)(=O)CCS(=O)CC(N)c1ccc2c(c1)OCCO2. The van der Waals surface area contributed by atoms with Gasteiger partial charge in [-0.15, -0.1) is 0 Å². The van der Waals surface area contributed by atoms with E-state index >= 15 is 0 Å². The number of ether oxygens (including phenoxy) is 2. The van der Waals surface area contributed by atoms with Gasteiger partial charge in [-0.25, -0.2) is 8.42 Å². The fourth-order valence-corrected chi connectivity index (χ4v) is 4.63. The van der Waals surface area contributed by atoms with Crippen molar-refractivity contribution in [2.45, 2.75) is 6.04 Å². The van der Waals surface area contributed by atoms with Gasteiger partial charge in [0.15, 0.2) is 11.5 Å². The van der Waals surface area contributed by atoms with Crippen LogP contribution in [0.15, 0.2) is 18.2 Å². The molecule has 0 amide bonds. The second kappa shape index (κ2) is 6.76. The van der Waals surface area contributed by atoms with Gasteiger partial charge < -0.3 is 15.2 Å². The first-order valence-electron chi connectivity index (χ1n) is 6.53. The van der Waals surface area contributed by atoms with Gasteiger partial charge in [0.05, 0.1) is 5.75 Å². The van der Waals surface area contributed by atoms with E-state index in [0.717, 1.165) is 11.8 Å². The molecule has 6 nitrogen and oxygen atoms in total. The highest BCUT2D eigenvalue weighted by molar-refractivity contribution is 7.92. The summed E-state index contributed by atoms with van der Waals surface area (Å²) in [7, 11) is -4.38. The second-order valence-corrected chi connectivity index (χ2v) is 8.83. The molecule has 1 aliphatic heterocycles. The zero-order chi connectivity index (χ0) is 15.5. The van der Waals surface area contributed by atoms with Crippen LogP contribution >= 0.6 is 0 Å². The summed E-state index contributed by atoms with van der Waals surface area (Å²) in [6.07, 6.45) is 1.13. The lowest BCUT2D eigenvalue weighted by Crippen LogP contribution is -2.22. The molecular formula is C13H19NO5S2. The molecule has 0 saturated heterocycles. The summed E-state index contributed by atoms with van der Waals surface area (Å²) in [5.41, 5.74) is 6.83. The molecule has 2 unspecified atom stereocenters.